The molecule has 0 unspecified atom stereocenters. The van der Waals surface area contributed by atoms with Crippen LogP contribution in [-0.4, -0.2) is 51.6 Å². The molecule has 0 saturated carbocycles. The first-order valence-electron chi connectivity index (χ1n) is 7.73. The minimum atomic E-state index is -3.85. The lowest BCUT2D eigenvalue weighted by atomic mass is 10.4. The largest absolute Gasteiger partial charge is 0.244 e. The van der Waals surface area contributed by atoms with Gasteiger partial charge in [-0.05, 0) is 30.3 Å². The zero-order chi connectivity index (χ0) is 18.9. The number of hydrogen-bond acceptors (Lipinski definition) is 4. The van der Waals surface area contributed by atoms with Crippen LogP contribution in [0.1, 0.15) is 0 Å². The van der Waals surface area contributed by atoms with Gasteiger partial charge in [0.25, 0.3) is 0 Å². The van der Waals surface area contributed by atoms with E-state index in [1.165, 1.54) is 38.9 Å². The van der Waals surface area contributed by atoms with Crippen molar-refractivity contribution < 1.29 is 16.8 Å². The van der Waals surface area contributed by atoms with Crippen molar-refractivity contribution in [3.63, 3.8) is 0 Å². The van der Waals surface area contributed by atoms with Crippen molar-refractivity contribution in [1.82, 2.24) is 8.61 Å². The number of sulfonamides is 2. The summed E-state index contributed by atoms with van der Waals surface area (Å²) in [5.41, 5.74) is 0. The molecule has 0 N–H and O–H groups in total. The zero-order valence-electron chi connectivity index (χ0n) is 13.5. The van der Waals surface area contributed by atoms with Crippen molar-refractivity contribution in [2.75, 3.05) is 26.2 Å². The highest BCUT2D eigenvalue weighted by Crippen LogP contribution is 2.29. The van der Waals surface area contributed by atoms with Crippen LogP contribution in [0.3, 0.4) is 0 Å². The summed E-state index contributed by atoms with van der Waals surface area (Å²) in [6, 6.07) is 12.3. The SMILES string of the molecule is O=S(=O)(c1ccccc1)N1CCN(S(=O)(=O)c2cc(Cl)ccc2Cl)CC1. The van der Waals surface area contributed by atoms with Crippen LogP contribution in [0, 0.1) is 0 Å². The number of benzene rings is 2. The fraction of sp³-hybridized carbons (Fsp3) is 0.250. The number of nitrogens with zero attached hydrogens (tertiary/aromatic N) is 2. The van der Waals surface area contributed by atoms with E-state index in [1.54, 1.807) is 18.2 Å². The smallest absolute Gasteiger partial charge is 0.207 e. The first kappa shape index (κ1) is 19.6. The van der Waals surface area contributed by atoms with Crippen LogP contribution in [0.25, 0.3) is 0 Å². The second-order valence-corrected chi connectivity index (χ2v) is 10.4. The fourth-order valence-corrected chi connectivity index (χ4v) is 6.31. The van der Waals surface area contributed by atoms with Crippen molar-refractivity contribution in [2.24, 2.45) is 0 Å². The van der Waals surface area contributed by atoms with Gasteiger partial charge in [-0.25, -0.2) is 16.8 Å². The molecule has 3 rings (SSSR count). The van der Waals surface area contributed by atoms with Gasteiger partial charge in [0.1, 0.15) is 4.90 Å². The molecule has 0 amide bonds. The number of hydrogen-bond donors (Lipinski definition) is 0. The van der Waals surface area contributed by atoms with Gasteiger partial charge in [0.15, 0.2) is 0 Å². The predicted molar refractivity (Wildman–Crippen MR) is 100 cm³/mol. The molecular formula is C16H16Cl2N2O4S2. The average Bonchev–Trinajstić information content (AvgIpc) is 2.64. The molecular weight excluding hydrogens is 419 g/mol. The molecule has 140 valence electrons. The van der Waals surface area contributed by atoms with Crippen LogP contribution in [0.15, 0.2) is 58.3 Å². The maximum absolute atomic E-state index is 12.8. The molecule has 0 atom stereocenters. The van der Waals surface area contributed by atoms with Crippen LogP contribution < -0.4 is 0 Å². The summed E-state index contributed by atoms with van der Waals surface area (Å²) in [6.45, 7) is 0.206. The third kappa shape index (κ3) is 3.76. The van der Waals surface area contributed by atoms with Crippen LogP contribution in [-0.2, 0) is 20.0 Å². The molecule has 6 nitrogen and oxygen atoms in total. The van der Waals surface area contributed by atoms with Crippen LogP contribution in [0.2, 0.25) is 10.0 Å². The highest BCUT2D eigenvalue weighted by atomic mass is 35.5. The Kier molecular flexibility index (Phi) is 5.62. The Hall–Kier alpha value is -1.16. The third-order valence-electron chi connectivity index (χ3n) is 4.09. The van der Waals surface area contributed by atoms with Crippen molar-refractivity contribution in [2.45, 2.75) is 9.79 Å². The minimum absolute atomic E-state index is 0.0389. The lowest BCUT2D eigenvalue weighted by Crippen LogP contribution is -2.50. The molecule has 0 spiro atoms. The van der Waals surface area contributed by atoms with E-state index in [4.69, 9.17) is 23.2 Å². The van der Waals surface area contributed by atoms with E-state index in [9.17, 15) is 16.8 Å². The Labute approximate surface area is 163 Å². The average molecular weight is 435 g/mol. The molecule has 26 heavy (non-hydrogen) atoms. The maximum atomic E-state index is 12.8. The highest BCUT2D eigenvalue weighted by molar-refractivity contribution is 7.89. The maximum Gasteiger partial charge on any atom is 0.244 e. The summed E-state index contributed by atoms with van der Waals surface area (Å²) >= 11 is 11.9. The topological polar surface area (TPSA) is 74.8 Å². The molecule has 10 heteroatoms. The van der Waals surface area contributed by atoms with Crippen molar-refractivity contribution in [3.05, 3.63) is 58.6 Å². The summed E-state index contributed by atoms with van der Waals surface area (Å²) in [7, 11) is -7.50. The molecule has 2 aromatic rings. The van der Waals surface area contributed by atoms with E-state index in [1.807, 2.05) is 0 Å². The lowest BCUT2D eigenvalue weighted by molar-refractivity contribution is 0.273. The summed E-state index contributed by atoms with van der Waals surface area (Å²) in [5, 5.41) is 0.340. The summed E-state index contributed by atoms with van der Waals surface area (Å²) < 4.78 is 53.4. The standard InChI is InChI=1S/C16H16Cl2N2O4S2/c17-13-6-7-15(18)16(12-13)26(23,24)20-10-8-19(9-11-20)25(21,22)14-4-2-1-3-5-14/h1-7,12H,8-11H2. The van der Waals surface area contributed by atoms with Gasteiger partial charge < -0.3 is 0 Å². The van der Waals surface area contributed by atoms with E-state index in [2.05, 4.69) is 0 Å². The van der Waals surface area contributed by atoms with Gasteiger partial charge >= 0.3 is 0 Å². The first-order valence-corrected chi connectivity index (χ1v) is 11.4. The quantitative estimate of drug-likeness (QED) is 0.740. The van der Waals surface area contributed by atoms with Crippen LogP contribution in [0.4, 0.5) is 0 Å². The van der Waals surface area contributed by atoms with E-state index in [0.717, 1.165) is 0 Å². The molecule has 1 saturated heterocycles. The van der Waals surface area contributed by atoms with Gasteiger partial charge in [0, 0.05) is 31.2 Å². The van der Waals surface area contributed by atoms with E-state index < -0.39 is 20.0 Å². The summed E-state index contributed by atoms with van der Waals surface area (Å²) in [6.07, 6.45) is 0. The van der Waals surface area contributed by atoms with Gasteiger partial charge in [0.05, 0.1) is 9.92 Å². The normalized spacial score (nSPS) is 17.3. The van der Waals surface area contributed by atoms with Gasteiger partial charge in [-0.1, -0.05) is 41.4 Å². The Morgan fingerprint density at radius 2 is 1.27 bits per heavy atom. The fourth-order valence-electron chi connectivity index (χ4n) is 2.71. The van der Waals surface area contributed by atoms with Gasteiger partial charge in [-0.15, -0.1) is 0 Å². The summed E-state index contributed by atoms with van der Waals surface area (Å²) in [4.78, 5) is 0.111. The van der Waals surface area contributed by atoms with Crippen molar-refractivity contribution >= 4 is 43.2 Å². The first-order chi connectivity index (χ1) is 12.2. The predicted octanol–water partition coefficient (Wildman–Crippen LogP) is 2.69. The molecule has 0 radical (unpaired) electrons. The monoisotopic (exact) mass is 434 g/mol. The Morgan fingerprint density at radius 1 is 0.731 bits per heavy atom. The highest BCUT2D eigenvalue weighted by Gasteiger charge is 2.34. The van der Waals surface area contributed by atoms with Gasteiger partial charge in [0.2, 0.25) is 20.0 Å². The second kappa shape index (κ2) is 7.46. The molecule has 1 fully saturated rings. The molecule has 1 heterocycles. The number of rotatable bonds is 4. The third-order valence-corrected chi connectivity index (χ3v) is 8.62. The molecule has 2 aromatic carbocycles. The van der Waals surface area contributed by atoms with E-state index in [-0.39, 0.29) is 46.0 Å². The van der Waals surface area contributed by atoms with Crippen LogP contribution >= 0.6 is 23.2 Å². The number of piperazine rings is 1. The molecule has 0 bridgehead atoms. The van der Waals surface area contributed by atoms with Gasteiger partial charge in [-0.2, -0.15) is 8.61 Å². The van der Waals surface area contributed by atoms with Crippen molar-refractivity contribution in [3.8, 4) is 0 Å². The summed E-state index contributed by atoms with van der Waals surface area (Å²) in [5.74, 6) is 0. The van der Waals surface area contributed by atoms with Crippen molar-refractivity contribution in [1.29, 1.82) is 0 Å². The zero-order valence-corrected chi connectivity index (χ0v) is 16.7. The molecule has 0 aromatic heterocycles. The Balaban J connectivity index is 1.79. The minimum Gasteiger partial charge on any atom is -0.207 e. The Morgan fingerprint density at radius 3 is 1.85 bits per heavy atom. The lowest BCUT2D eigenvalue weighted by Gasteiger charge is -2.33. The van der Waals surface area contributed by atoms with E-state index in [0.29, 0.717) is 0 Å². The molecule has 0 aliphatic carbocycles. The van der Waals surface area contributed by atoms with Crippen LogP contribution in [0.5, 0.6) is 0 Å². The Bertz CT molecular complexity index is 1000. The molecule has 1 aliphatic heterocycles. The second-order valence-electron chi connectivity index (χ2n) is 5.70. The van der Waals surface area contributed by atoms with E-state index >= 15 is 0 Å². The molecule has 1 aliphatic rings. The number of halogens is 2. The van der Waals surface area contributed by atoms with Gasteiger partial charge in [-0.3, -0.25) is 0 Å².